The molecule has 1 aliphatic heterocycles. The van der Waals surface area contributed by atoms with Crippen LogP contribution in [0.2, 0.25) is 0 Å². The molecule has 0 aliphatic carbocycles. The van der Waals surface area contributed by atoms with Crippen LogP contribution in [-0.2, 0) is 0 Å². The van der Waals surface area contributed by atoms with Crippen molar-refractivity contribution in [3.63, 3.8) is 0 Å². The number of aliphatic hydroxyl groups excluding tert-OH is 1. The largest absolute Gasteiger partial charge is 0.454 e. The van der Waals surface area contributed by atoms with Gasteiger partial charge in [0.25, 0.3) is 0 Å². The summed E-state index contributed by atoms with van der Waals surface area (Å²) in [7, 11) is 0. The van der Waals surface area contributed by atoms with Crippen LogP contribution >= 0.6 is 0 Å². The molecule has 5 heteroatoms. The number of aliphatic hydroxyl groups is 2. The SMILES string of the molecule is OC(O)c1cc2cc3c(cc2[nH]1)OCO3. The molecule has 0 spiro atoms. The first-order valence-electron chi connectivity index (χ1n) is 4.52. The van der Waals surface area contributed by atoms with Gasteiger partial charge in [-0.2, -0.15) is 0 Å². The van der Waals surface area contributed by atoms with Crippen molar-refractivity contribution in [3.05, 3.63) is 23.9 Å². The maximum atomic E-state index is 9.00. The second kappa shape index (κ2) is 2.88. The molecular formula is C10H9NO4. The van der Waals surface area contributed by atoms with Gasteiger partial charge in [0.2, 0.25) is 6.79 Å². The lowest BCUT2D eigenvalue weighted by molar-refractivity contribution is -0.0453. The smallest absolute Gasteiger partial charge is 0.231 e. The van der Waals surface area contributed by atoms with Crippen LogP contribution < -0.4 is 9.47 Å². The molecule has 0 bridgehead atoms. The molecule has 0 atom stereocenters. The molecule has 78 valence electrons. The molecular weight excluding hydrogens is 198 g/mol. The fourth-order valence-electron chi connectivity index (χ4n) is 1.68. The van der Waals surface area contributed by atoms with Crippen LogP contribution in [0.5, 0.6) is 11.5 Å². The van der Waals surface area contributed by atoms with Crippen LogP contribution in [-0.4, -0.2) is 22.0 Å². The summed E-state index contributed by atoms with van der Waals surface area (Å²) in [6, 6.07) is 5.26. The van der Waals surface area contributed by atoms with Gasteiger partial charge in [-0.3, -0.25) is 0 Å². The highest BCUT2D eigenvalue weighted by Gasteiger charge is 2.16. The van der Waals surface area contributed by atoms with Gasteiger partial charge in [-0.25, -0.2) is 0 Å². The Morgan fingerprint density at radius 2 is 1.87 bits per heavy atom. The zero-order chi connectivity index (χ0) is 10.4. The average Bonchev–Trinajstić information content (AvgIpc) is 2.77. The van der Waals surface area contributed by atoms with Crippen molar-refractivity contribution in [1.82, 2.24) is 4.98 Å². The van der Waals surface area contributed by atoms with Crippen molar-refractivity contribution in [1.29, 1.82) is 0 Å². The number of hydrogen-bond acceptors (Lipinski definition) is 4. The summed E-state index contributed by atoms with van der Waals surface area (Å²) in [6.07, 6.45) is -1.49. The zero-order valence-corrected chi connectivity index (χ0v) is 7.73. The first-order chi connectivity index (χ1) is 7.24. The molecule has 5 nitrogen and oxygen atoms in total. The molecule has 0 fully saturated rings. The predicted octanol–water partition coefficient (Wildman–Crippen LogP) is 0.880. The highest BCUT2D eigenvalue weighted by molar-refractivity contribution is 5.84. The summed E-state index contributed by atoms with van der Waals surface area (Å²) in [4.78, 5) is 2.89. The fourth-order valence-corrected chi connectivity index (χ4v) is 1.68. The molecule has 1 aromatic carbocycles. The monoisotopic (exact) mass is 207 g/mol. The Morgan fingerprint density at radius 3 is 2.60 bits per heavy atom. The lowest BCUT2D eigenvalue weighted by atomic mass is 10.2. The first kappa shape index (κ1) is 8.58. The molecule has 0 saturated carbocycles. The number of fused-ring (bicyclic) bond motifs is 2. The third kappa shape index (κ3) is 1.25. The third-order valence-corrected chi connectivity index (χ3v) is 2.41. The van der Waals surface area contributed by atoms with Crippen LogP contribution in [0.3, 0.4) is 0 Å². The maximum Gasteiger partial charge on any atom is 0.231 e. The highest BCUT2D eigenvalue weighted by Crippen LogP contribution is 2.36. The topological polar surface area (TPSA) is 74.7 Å². The normalized spacial score (nSPS) is 14.1. The molecule has 0 radical (unpaired) electrons. The van der Waals surface area contributed by atoms with Crippen molar-refractivity contribution >= 4 is 10.9 Å². The number of ether oxygens (including phenoxy) is 2. The van der Waals surface area contributed by atoms with Crippen LogP contribution in [0, 0.1) is 0 Å². The molecule has 0 unspecified atom stereocenters. The standard InChI is InChI=1S/C10H9NO4/c12-10(13)7-1-5-2-8-9(15-4-14-8)3-6(5)11-7/h1-3,10-13H,4H2. The lowest BCUT2D eigenvalue weighted by Gasteiger charge is -1.96. The number of aromatic nitrogens is 1. The van der Waals surface area contributed by atoms with Gasteiger partial charge in [-0.1, -0.05) is 0 Å². The molecule has 0 saturated heterocycles. The minimum Gasteiger partial charge on any atom is -0.454 e. The van der Waals surface area contributed by atoms with Crippen LogP contribution in [0.25, 0.3) is 10.9 Å². The summed E-state index contributed by atoms with van der Waals surface area (Å²) in [6.45, 7) is 0.234. The Labute approximate surface area is 84.9 Å². The van der Waals surface area contributed by atoms with Gasteiger partial charge in [0.05, 0.1) is 5.69 Å². The molecule has 1 aromatic heterocycles. The summed E-state index contributed by atoms with van der Waals surface area (Å²) in [5.41, 5.74) is 1.15. The zero-order valence-electron chi connectivity index (χ0n) is 7.73. The van der Waals surface area contributed by atoms with E-state index in [2.05, 4.69) is 4.98 Å². The summed E-state index contributed by atoms with van der Waals surface area (Å²) >= 11 is 0. The van der Waals surface area contributed by atoms with Crippen molar-refractivity contribution in [2.45, 2.75) is 6.29 Å². The number of H-pyrrole nitrogens is 1. The van der Waals surface area contributed by atoms with E-state index in [1.54, 1.807) is 18.2 Å². The molecule has 15 heavy (non-hydrogen) atoms. The van der Waals surface area contributed by atoms with Crippen molar-refractivity contribution in [2.75, 3.05) is 6.79 Å². The molecule has 2 heterocycles. The summed E-state index contributed by atoms with van der Waals surface area (Å²) in [5.74, 6) is 1.35. The van der Waals surface area contributed by atoms with Gasteiger partial charge in [-0.15, -0.1) is 0 Å². The van der Waals surface area contributed by atoms with Gasteiger partial charge in [-0.05, 0) is 12.1 Å². The predicted molar refractivity (Wildman–Crippen MR) is 51.6 cm³/mol. The van der Waals surface area contributed by atoms with Gasteiger partial charge in [0.15, 0.2) is 17.8 Å². The Morgan fingerprint density at radius 1 is 1.13 bits per heavy atom. The lowest BCUT2D eigenvalue weighted by Crippen LogP contribution is -1.94. The van der Waals surface area contributed by atoms with Crippen LogP contribution in [0.4, 0.5) is 0 Å². The van der Waals surface area contributed by atoms with E-state index >= 15 is 0 Å². The van der Waals surface area contributed by atoms with E-state index in [4.69, 9.17) is 19.7 Å². The van der Waals surface area contributed by atoms with E-state index in [0.29, 0.717) is 17.2 Å². The van der Waals surface area contributed by atoms with Gasteiger partial charge >= 0.3 is 0 Å². The maximum absolute atomic E-state index is 9.00. The number of nitrogens with one attached hydrogen (secondary N) is 1. The quantitative estimate of drug-likeness (QED) is 0.607. The minimum absolute atomic E-state index is 0.234. The van der Waals surface area contributed by atoms with Gasteiger partial charge in [0, 0.05) is 17.0 Å². The second-order valence-electron chi connectivity index (χ2n) is 3.39. The minimum atomic E-state index is -1.49. The van der Waals surface area contributed by atoms with Gasteiger partial charge in [0.1, 0.15) is 0 Å². The van der Waals surface area contributed by atoms with Crippen LogP contribution in [0.1, 0.15) is 12.0 Å². The first-order valence-corrected chi connectivity index (χ1v) is 4.52. The molecule has 1 aliphatic rings. The van der Waals surface area contributed by atoms with E-state index in [1.807, 2.05) is 0 Å². The average molecular weight is 207 g/mol. The third-order valence-electron chi connectivity index (χ3n) is 2.41. The van der Waals surface area contributed by atoms with Crippen molar-refractivity contribution < 1.29 is 19.7 Å². The molecule has 3 rings (SSSR count). The fraction of sp³-hybridized carbons (Fsp3) is 0.200. The second-order valence-corrected chi connectivity index (χ2v) is 3.39. The van der Waals surface area contributed by atoms with Crippen molar-refractivity contribution in [2.24, 2.45) is 0 Å². The van der Waals surface area contributed by atoms with Gasteiger partial charge < -0.3 is 24.7 Å². The van der Waals surface area contributed by atoms with E-state index < -0.39 is 6.29 Å². The Balaban J connectivity index is 2.20. The summed E-state index contributed by atoms with van der Waals surface area (Å²) < 4.78 is 10.4. The van der Waals surface area contributed by atoms with Crippen molar-refractivity contribution in [3.8, 4) is 11.5 Å². The Kier molecular flexibility index (Phi) is 1.65. The Hall–Kier alpha value is -1.72. The highest BCUT2D eigenvalue weighted by atomic mass is 16.7. The number of hydrogen-bond donors (Lipinski definition) is 3. The van der Waals surface area contributed by atoms with E-state index in [9.17, 15) is 0 Å². The summed E-state index contributed by atoms with van der Waals surface area (Å²) in [5, 5.41) is 18.9. The molecule has 3 N–H and O–H groups in total. The van der Waals surface area contributed by atoms with E-state index in [1.165, 1.54) is 0 Å². The molecule has 0 amide bonds. The van der Waals surface area contributed by atoms with E-state index in [0.717, 1.165) is 10.9 Å². The number of benzene rings is 1. The molecule has 2 aromatic rings. The number of rotatable bonds is 1. The van der Waals surface area contributed by atoms with Crippen LogP contribution in [0.15, 0.2) is 18.2 Å². The Bertz CT molecular complexity index is 476. The van der Waals surface area contributed by atoms with E-state index in [-0.39, 0.29) is 6.79 Å². The number of aromatic amines is 1.